The van der Waals surface area contributed by atoms with E-state index in [1.807, 2.05) is 11.6 Å². The second-order valence-corrected chi connectivity index (χ2v) is 7.85. The summed E-state index contributed by atoms with van der Waals surface area (Å²) < 4.78 is 12.1. The van der Waals surface area contributed by atoms with Crippen LogP contribution < -0.4 is 16.0 Å². The number of fused-ring (bicyclic) bond motifs is 1. The van der Waals surface area contributed by atoms with Gasteiger partial charge in [0, 0.05) is 26.1 Å². The zero-order chi connectivity index (χ0) is 21.9. The fourth-order valence-electron chi connectivity index (χ4n) is 3.47. The van der Waals surface area contributed by atoms with Gasteiger partial charge in [0.25, 0.3) is 0 Å². The molecule has 0 radical (unpaired) electrons. The number of carbonyl (C=O) groups excluding carboxylic acids is 1. The maximum atomic E-state index is 11.9. The minimum atomic E-state index is -0.394. The lowest BCUT2D eigenvalue weighted by Crippen LogP contribution is -2.48. The van der Waals surface area contributed by atoms with Crippen LogP contribution in [-0.4, -0.2) is 65.7 Å². The Morgan fingerprint density at radius 2 is 2.13 bits per heavy atom. The number of halogens is 1. The average molecular weight is 551 g/mol. The van der Waals surface area contributed by atoms with Crippen molar-refractivity contribution in [2.45, 2.75) is 72.2 Å². The van der Waals surface area contributed by atoms with E-state index in [0.29, 0.717) is 25.7 Å². The summed E-state index contributed by atoms with van der Waals surface area (Å²) in [4.78, 5) is 21.1. The van der Waals surface area contributed by atoms with Crippen LogP contribution in [0, 0.1) is 5.92 Å². The fraction of sp³-hybridized carbons (Fsp3) is 0.800. The molecule has 1 aromatic rings. The molecule has 2 rings (SSSR count). The van der Waals surface area contributed by atoms with Gasteiger partial charge in [-0.15, -0.1) is 24.0 Å². The molecule has 0 aromatic carbocycles. The Balaban J connectivity index is 0.00000480. The van der Waals surface area contributed by atoms with Crippen molar-refractivity contribution >= 4 is 36.0 Å². The molecule has 0 saturated carbocycles. The minimum absolute atomic E-state index is 0. The third-order valence-corrected chi connectivity index (χ3v) is 4.68. The van der Waals surface area contributed by atoms with Crippen LogP contribution >= 0.6 is 24.0 Å². The Kier molecular flexibility index (Phi) is 12.8. The number of alkyl carbamates (subject to hydrolysis) is 1. The van der Waals surface area contributed by atoms with E-state index in [-0.39, 0.29) is 36.1 Å². The third kappa shape index (κ3) is 9.58. The highest BCUT2D eigenvalue weighted by molar-refractivity contribution is 14.0. The standard InChI is InChI=1S/C20H37N7O3.HI/c1-6-21-19(22-11-16(10-14(3)4)24-20(28)30-7-2)23-15-8-9-18-25-17(13-29-5)26-27(18)12-15;/h14-16H,6-13H2,1-5H3,(H,24,28)(H2,21,22,23);1H. The smallest absolute Gasteiger partial charge is 0.407 e. The van der Waals surface area contributed by atoms with Gasteiger partial charge in [-0.2, -0.15) is 5.10 Å². The molecule has 10 nitrogen and oxygen atoms in total. The SMILES string of the molecule is CCNC(=NCC(CC(C)C)NC(=O)OCC)NC1CCc2nc(COC)nn2C1.I. The van der Waals surface area contributed by atoms with Gasteiger partial charge >= 0.3 is 6.09 Å². The van der Waals surface area contributed by atoms with Crippen LogP contribution in [0.25, 0.3) is 0 Å². The molecular weight excluding hydrogens is 513 g/mol. The molecule has 1 amide bonds. The van der Waals surface area contributed by atoms with E-state index in [1.54, 1.807) is 14.0 Å². The molecule has 31 heavy (non-hydrogen) atoms. The minimum Gasteiger partial charge on any atom is -0.450 e. The van der Waals surface area contributed by atoms with Gasteiger partial charge in [0.05, 0.1) is 25.7 Å². The van der Waals surface area contributed by atoms with Crippen LogP contribution in [0.1, 0.15) is 52.2 Å². The molecule has 1 aromatic heterocycles. The zero-order valence-electron chi connectivity index (χ0n) is 19.3. The van der Waals surface area contributed by atoms with Gasteiger partial charge in [0.2, 0.25) is 0 Å². The number of aryl methyl sites for hydroxylation is 1. The normalized spacial score (nSPS) is 16.8. The van der Waals surface area contributed by atoms with E-state index in [1.165, 1.54) is 0 Å². The van der Waals surface area contributed by atoms with Crippen molar-refractivity contribution in [1.82, 2.24) is 30.7 Å². The van der Waals surface area contributed by atoms with Gasteiger partial charge in [-0.3, -0.25) is 4.99 Å². The number of aromatic nitrogens is 3. The van der Waals surface area contributed by atoms with Gasteiger partial charge < -0.3 is 25.4 Å². The Hall–Kier alpha value is -1.63. The molecule has 1 aliphatic rings. The number of hydrogen-bond donors (Lipinski definition) is 3. The highest BCUT2D eigenvalue weighted by Crippen LogP contribution is 2.13. The molecule has 2 atom stereocenters. The summed E-state index contributed by atoms with van der Waals surface area (Å²) in [6, 6.07) is 0.123. The molecular formula is C20H38IN7O3. The van der Waals surface area contributed by atoms with E-state index >= 15 is 0 Å². The van der Waals surface area contributed by atoms with Crippen LogP contribution in [0.2, 0.25) is 0 Å². The van der Waals surface area contributed by atoms with Crippen molar-refractivity contribution in [2.24, 2.45) is 10.9 Å². The van der Waals surface area contributed by atoms with Crippen LogP contribution in [0.15, 0.2) is 4.99 Å². The summed E-state index contributed by atoms with van der Waals surface area (Å²) in [5.74, 6) is 2.89. The third-order valence-electron chi connectivity index (χ3n) is 4.68. The molecule has 0 saturated heterocycles. The van der Waals surface area contributed by atoms with Crippen molar-refractivity contribution < 1.29 is 14.3 Å². The molecule has 0 aliphatic carbocycles. The lowest BCUT2D eigenvalue weighted by molar-refractivity contribution is 0.147. The summed E-state index contributed by atoms with van der Waals surface area (Å²) in [7, 11) is 1.65. The summed E-state index contributed by atoms with van der Waals surface area (Å²) in [5, 5.41) is 14.2. The summed E-state index contributed by atoms with van der Waals surface area (Å²) in [6.07, 6.45) is 2.24. The van der Waals surface area contributed by atoms with E-state index in [9.17, 15) is 4.79 Å². The Morgan fingerprint density at radius 1 is 1.35 bits per heavy atom. The topological polar surface area (TPSA) is 115 Å². The quantitative estimate of drug-likeness (QED) is 0.232. The van der Waals surface area contributed by atoms with Crippen LogP contribution in [0.3, 0.4) is 0 Å². The van der Waals surface area contributed by atoms with Gasteiger partial charge in [0.1, 0.15) is 12.4 Å². The van der Waals surface area contributed by atoms with Crippen LogP contribution in [-0.2, 0) is 29.0 Å². The number of guanidine groups is 1. The number of nitrogens with one attached hydrogen (secondary N) is 3. The number of ether oxygens (including phenoxy) is 2. The first-order valence-electron chi connectivity index (χ1n) is 10.8. The summed E-state index contributed by atoms with van der Waals surface area (Å²) in [6.45, 7) is 10.8. The maximum absolute atomic E-state index is 11.9. The van der Waals surface area contributed by atoms with Gasteiger partial charge in [-0.1, -0.05) is 13.8 Å². The Bertz CT molecular complexity index is 696. The number of rotatable bonds is 10. The summed E-state index contributed by atoms with van der Waals surface area (Å²) >= 11 is 0. The molecule has 2 heterocycles. The Labute approximate surface area is 202 Å². The number of hydrogen-bond acceptors (Lipinski definition) is 6. The maximum Gasteiger partial charge on any atom is 0.407 e. The van der Waals surface area contributed by atoms with E-state index in [4.69, 9.17) is 14.5 Å². The molecule has 0 fully saturated rings. The van der Waals surface area contributed by atoms with E-state index in [0.717, 1.165) is 50.0 Å². The first-order chi connectivity index (χ1) is 14.4. The monoisotopic (exact) mass is 551 g/mol. The second kappa shape index (κ2) is 14.4. The van der Waals surface area contributed by atoms with Crippen molar-refractivity contribution in [1.29, 1.82) is 0 Å². The second-order valence-electron chi connectivity index (χ2n) is 7.85. The molecule has 11 heteroatoms. The van der Waals surface area contributed by atoms with E-state index < -0.39 is 6.09 Å². The largest absolute Gasteiger partial charge is 0.450 e. The van der Waals surface area contributed by atoms with Crippen molar-refractivity contribution in [2.75, 3.05) is 26.8 Å². The first kappa shape index (κ1) is 27.4. The molecule has 0 bridgehead atoms. The number of amides is 1. The van der Waals surface area contributed by atoms with Gasteiger partial charge in [-0.05, 0) is 32.6 Å². The molecule has 178 valence electrons. The highest BCUT2D eigenvalue weighted by atomic mass is 127. The fourth-order valence-corrected chi connectivity index (χ4v) is 3.47. The predicted octanol–water partition coefficient (Wildman–Crippen LogP) is 2.07. The molecule has 0 spiro atoms. The molecule has 3 N–H and O–H groups in total. The van der Waals surface area contributed by atoms with E-state index in [2.05, 4.69) is 39.9 Å². The number of nitrogens with zero attached hydrogens (tertiary/aromatic N) is 4. The lowest BCUT2D eigenvalue weighted by atomic mass is 10.0. The number of carbonyl (C=O) groups is 1. The van der Waals surface area contributed by atoms with Gasteiger partial charge in [0.15, 0.2) is 11.8 Å². The van der Waals surface area contributed by atoms with Crippen molar-refractivity contribution in [3.63, 3.8) is 0 Å². The Morgan fingerprint density at radius 3 is 2.77 bits per heavy atom. The lowest BCUT2D eigenvalue weighted by Gasteiger charge is -2.26. The zero-order valence-corrected chi connectivity index (χ0v) is 21.6. The number of methoxy groups -OCH3 is 1. The van der Waals surface area contributed by atoms with Gasteiger partial charge in [-0.25, -0.2) is 14.5 Å². The van der Waals surface area contributed by atoms with Crippen molar-refractivity contribution in [3.8, 4) is 0 Å². The molecule has 1 aliphatic heterocycles. The predicted molar refractivity (Wildman–Crippen MR) is 131 cm³/mol. The first-order valence-corrected chi connectivity index (χ1v) is 10.8. The average Bonchev–Trinajstić information content (AvgIpc) is 3.08. The number of aliphatic imine (C=N–C) groups is 1. The highest BCUT2D eigenvalue weighted by Gasteiger charge is 2.23. The van der Waals surface area contributed by atoms with Crippen LogP contribution in [0.4, 0.5) is 4.79 Å². The molecule has 2 unspecified atom stereocenters. The van der Waals surface area contributed by atoms with Crippen LogP contribution in [0.5, 0.6) is 0 Å². The summed E-state index contributed by atoms with van der Waals surface area (Å²) in [5.41, 5.74) is 0. The van der Waals surface area contributed by atoms with Crippen molar-refractivity contribution in [3.05, 3.63) is 11.6 Å².